The van der Waals surface area contributed by atoms with Gasteiger partial charge in [-0.2, -0.15) is 0 Å². The van der Waals surface area contributed by atoms with E-state index in [2.05, 4.69) is 18.4 Å². The van der Waals surface area contributed by atoms with Crippen LogP contribution in [0.15, 0.2) is 29.2 Å². The highest BCUT2D eigenvalue weighted by atomic mass is 32.2. The normalized spacial score (nSPS) is 9.75. The molecule has 0 aliphatic rings. The lowest BCUT2D eigenvalue weighted by atomic mass is 10.1. The van der Waals surface area contributed by atoms with Crippen LogP contribution in [0.4, 0.5) is 0 Å². The van der Waals surface area contributed by atoms with Crippen LogP contribution >= 0.6 is 11.8 Å². The minimum atomic E-state index is 0.623. The highest BCUT2D eigenvalue weighted by Crippen LogP contribution is 2.20. The van der Waals surface area contributed by atoms with Gasteiger partial charge in [0.1, 0.15) is 6.29 Å². The SMILES string of the molecule is CSc1ccccc1CCC=O. The number of hydrogen-bond acceptors (Lipinski definition) is 2. The van der Waals surface area contributed by atoms with Crippen LogP contribution in [0.1, 0.15) is 12.0 Å². The molecule has 0 aliphatic heterocycles. The molecule has 0 radical (unpaired) electrons. The second-order valence-electron chi connectivity index (χ2n) is 2.52. The predicted octanol–water partition coefficient (Wildman–Crippen LogP) is 2.54. The molecule has 0 atom stereocenters. The molecule has 0 saturated carbocycles. The fourth-order valence-corrected chi connectivity index (χ4v) is 1.77. The van der Waals surface area contributed by atoms with E-state index < -0.39 is 0 Å². The van der Waals surface area contributed by atoms with Gasteiger partial charge in [0, 0.05) is 11.3 Å². The van der Waals surface area contributed by atoms with Gasteiger partial charge in [-0.25, -0.2) is 0 Å². The summed E-state index contributed by atoms with van der Waals surface area (Å²) in [6.45, 7) is 0. The molecule has 0 saturated heterocycles. The number of rotatable bonds is 4. The molecule has 0 amide bonds. The molecule has 64 valence electrons. The van der Waals surface area contributed by atoms with E-state index in [4.69, 9.17) is 0 Å². The number of benzene rings is 1. The molecule has 1 aromatic carbocycles. The number of hydrogen-bond donors (Lipinski definition) is 0. The quantitative estimate of drug-likeness (QED) is 0.523. The minimum absolute atomic E-state index is 0.623. The number of carbonyl (C=O) groups excluding carboxylic acids is 1. The fourth-order valence-electron chi connectivity index (χ4n) is 1.12. The van der Waals surface area contributed by atoms with Gasteiger partial charge in [0.05, 0.1) is 0 Å². The Balaban J connectivity index is 2.74. The van der Waals surface area contributed by atoms with Crippen LogP contribution in [0.2, 0.25) is 0 Å². The van der Waals surface area contributed by atoms with Crippen molar-refractivity contribution in [1.82, 2.24) is 0 Å². The lowest BCUT2D eigenvalue weighted by Gasteiger charge is -2.03. The molecule has 1 nitrogen and oxygen atoms in total. The van der Waals surface area contributed by atoms with E-state index in [-0.39, 0.29) is 0 Å². The Labute approximate surface area is 77.2 Å². The van der Waals surface area contributed by atoms with E-state index in [1.54, 1.807) is 11.8 Å². The molecule has 0 N–H and O–H groups in total. The summed E-state index contributed by atoms with van der Waals surface area (Å²) < 4.78 is 0. The Morgan fingerprint density at radius 2 is 2.17 bits per heavy atom. The summed E-state index contributed by atoms with van der Waals surface area (Å²) in [7, 11) is 0. The first-order valence-corrected chi connectivity index (χ1v) is 5.16. The topological polar surface area (TPSA) is 17.1 Å². The van der Waals surface area contributed by atoms with E-state index in [1.165, 1.54) is 10.5 Å². The first-order chi connectivity index (χ1) is 5.88. The fraction of sp³-hybridized carbons (Fsp3) is 0.300. The number of thioether (sulfide) groups is 1. The van der Waals surface area contributed by atoms with Crippen LogP contribution < -0.4 is 0 Å². The Bertz CT molecular complexity index is 258. The molecular formula is C10H12OS. The molecular weight excluding hydrogens is 168 g/mol. The maximum atomic E-state index is 10.2. The molecule has 12 heavy (non-hydrogen) atoms. The highest BCUT2D eigenvalue weighted by Gasteiger charge is 1.98. The lowest BCUT2D eigenvalue weighted by molar-refractivity contribution is -0.107. The third kappa shape index (κ3) is 2.38. The third-order valence-corrected chi connectivity index (χ3v) is 2.56. The summed E-state index contributed by atoms with van der Waals surface area (Å²) in [5.41, 5.74) is 1.28. The number of aryl methyl sites for hydroxylation is 1. The molecule has 1 aromatic rings. The summed E-state index contributed by atoms with van der Waals surface area (Å²) in [5, 5.41) is 0. The minimum Gasteiger partial charge on any atom is -0.303 e. The Kier molecular flexibility index (Phi) is 3.88. The van der Waals surface area contributed by atoms with Gasteiger partial charge in [0.2, 0.25) is 0 Å². The van der Waals surface area contributed by atoms with Crippen molar-refractivity contribution in [1.29, 1.82) is 0 Å². The van der Waals surface area contributed by atoms with Crippen molar-refractivity contribution in [2.24, 2.45) is 0 Å². The van der Waals surface area contributed by atoms with Crippen LogP contribution in [0.5, 0.6) is 0 Å². The Hall–Kier alpha value is -0.760. The average molecular weight is 180 g/mol. The van der Waals surface area contributed by atoms with Crippen molar-refractivity contribution >= 4 is 18.0 Å². The second kappa shape index (κ2) is 4.99. The second-order valence-corrected chi connectivity index (χ2v) is 3.37. The van der Waals surface area contributed by atoms with Gasteiger partial charge in [-0.05, 0) is 24.3 Å². The molecule has 0 aromatic heterocycles. The molecule has 0 aliphatic carbocycles. The van der Waals surface area contributed by atoms with Crippen LogP contribution in [0.3, 0.4) is 0 Å². The van der Waals surface area contributed by atoms with Gasteiger partial charge in [0.15, 0.2) is 0 Å². The molecule has 2 heteroatoms. The van der Waals surface area contributed by atoms with Crippen molar-refractivity contribution in [2.45, 2.75) is 17.7 Å². The first-order valence-electron chi connectivity index (χ1n) is 3.94. The summed E-state index contributed by atoms with van der Waals surface area (Å²) in [6, 6.07) is 8.20. The lowest BCUT2D eigenvalue weighted by Crippen LogP contribution is -1.88. The van der Waals surface area contributed by atoms with Crippen molar-refractivity contribution < 1.29 is 4.79 Å². The molecule has 1 rings (SSSR count). The van der Waals surface area contributed by atoms with Gasteiger partial charge in [-0.1, -0.05) is 18.2 Å². The molecule has 0 heterocycles. The van der Waals surface area contributed by atoms with E-state index >= 15 is 0 Å². The van der Waals surface area contributed by atoms with Crippen molar-refractivity contribution in [3.8, 4) is 0 Å². The van der Waals surface area contributed by atoms with Crippen LogP contribution in [0.25, 0.3) is 0 Å². The number of aldehydes is 1. The highest BCUT2D eigenvalue weighted by molar-refractivity contribution is 7.98. The van der Waals surface area contributed by atoms with Crippen LogP contribution in [-0.4, -0.2) is 12.5 Å². The maximum absolute atomic E-state index is 10.2. The van der Waals surface area contributed by atoms with E-state index in [1.807, 2.05) is 12.1 Å². The molecule has 0 bridgehead atoms. The Morgan fingerprint density at radius 3 is 2.83 bits per heavy atom. The average Bonchev–Trinajstić information content (AvgIpc) is 2.15. The van der Waals surface area contributed by atoms with E-state index in [0.717, 1.165) is 12.7 Å². The largest absolute Gasteiger partial charge is 0.303 e. The zero-order valence-electron chi connectivity index (χ0n) is 7.12. The molecule has 0 spiro atoms. The summed E-state index contributed by atoms with van der Waals surface area (Å²) in [6.07, 6.45) is 4.51. The van der Waals surface area contributed by atoms with Gasteiger partial charge in [-0.15, -0.1) is 11.8 Å². The van der Waals surface area contributed by atoms with Gasteiger partial charge in [0.25, 0.3) is 0 Å². The predicted molar refractivity (Wildman–Crippen MR) is 52.6 cm³/mol. The maximum Gasteiger partial charge on any atom is 0.120 e. The van der Waals surface area contributed by atoms with Gasteiger partial charge < -0.3 is 4.79 Å². The summed E-state index contributed by atoms with van der Waals surface area (Å²) >= 11 is 1.73. The van der Waals surface area contributed by atoms with Crippen molar-refractivity contribution in [2.75, 3.05) is 6.26 Å². The summed E-state index contributed by atoms with van der Waals surface area (Å²) in [4.78, 5) is 11.4. The zero-order chi connectivity index (χ0) is 8.81. The summed E-state index contributed by atoms with van der Waals surface area (Å²) in [5.74, 6) is 0. The van der Waals surface area contributed by atoms with Crippen LogP contribution in [0, 0.1) is 0 Å². The molecule has 0 fully saturated rings. The smallest absolute Gasteiger partial charge is 0.120 e. The molecule has 0 unspecified atom stereocenters. The van der Waals surface area contributed by atoms with Gasteiger partial charge >= 0.3 is 0 Å². The zero-order valence-corrected chi connectivity index (χ0v) is 7.93. The van der Waals surface area contributed by atoms with Gasteiger partial charge in [-0.3, -0.25) is 0 Å². The van der Waals surface area contributed by atoms with Crippen LogP contribution in [-0.2, 0) is 11.2 Å². The number of carbonyl (C=O) groups is 1. The standard InChI is InChI=1S/C10H12OS/c1-12-10-7-3-2-5-9(10)6-4-8-11/h2-3,5,7-8H,4,6H2,1H3. The van der Waals surface area contributed by atoms with E-state index in [0.29, 0.717) is 6.42 Å². The van der Waals surface area contributed by atoms with Crippen molar-refractivity contribution in [3.05, 3.63) is 29.8 Å². The van der Waals surface area contributed by atoms with Crippen molar-refractivity contribution in [3.63, 3.8) is 0 Å². The third-order valence-electron chi connectivity index (χ3n) is 1.72. The monoisotopic (exact) mass is 180 g/mol. The Morgan fingerprint density at radius 1 is 1.42 bits per heavy atom. The first kappa shape index (κ1) is 9.33. The van der Waals surface area contributed by atoms with E-state index in [9.17, 15) is 4.79 Å².